The minimum atomic E-state index is -4.50. The summed E-state index contributed by atoms with van der Waals surface area (Å²) in [4.78, 5) is 3.48. The maximum absolute atomic E-state index is 12.7. The van der Waals surface area contributed by atoms with Crippen LogP contribution in [0.1, 0.15) is 37.9 Å². The van der Waals surface area contributed by atoms with Crippen LogP contribution in [0, 0.1) is 12.8 Å². The van der Waals surface area contributed by atoms with E-state index in [0.717, 1.165) is 12.8 Å². The fourth-order valence-electron chi connectivity index (χ4n) is 1.61. The van der Waals surface area contributed by atoms with Gasteiger partial charge in [0.05, 0.1) is 6.61 Å². The number of aryl methyl sites for hydroxylation is 1. The van der Waals surface area contributed by atoms with Gasteiger partial charge >= 0.3 is 6.18 Å². The molecule has 0 atom stereocenters. The van der Waals surface area contributed by atoms with Crippen LogP contribution in [-0.2, 0) is 6.18 Å². The van der Waals surface area contributed by atoms with Crippen LogP contribution in [0.4, 0.5) is 13.2 Å². The van der Waals surface area contributed by atoms with Crippen molar-refractivity contribution in [2.45, 2.75) is 39.8 Å². The lowest BCUT2D eigenvalue weighted by atomic mass is 10.1. The zero-order valence-corrected chi connectivity index (χ0v) is 11.9. The van der Waals surface area contributed by atoms with Gasteiger partial charge in [0, 0.05) is 0 Å². The molecule has 0 bridgehead atoms. The Bertz CT molecular complexity index is 433. The van der Waals surface area contributed by atoms with Crippen LogP contribution < -0.4 is 4.74 Å². The van der Waals surface area contributed by atoms with Crippen LogP contribution in [0.2, 0.25) is 5.02 Å². The van der Waals surface area contributed by atoms with Crippen molar-refractivity contribution in [2.75, 3.05) is 6.61 Å². The van der Waals surface area contributed by atoms with Crippen LogP contribution in [0.5, 0.6) is 5.88 Å². The zero-order chi connectivity index (χ0) is 14.6. The minimum Gasteiger partial charge on any atom is -0.477 e. The molecular weight excluding hydrogens is 279 g/mol. The third-order valence-electron chi connectivity index (χ3n) is 2.57. The van der Waals surface area contributed by atoms with Gasteiger partial charge in [-0.2, -0.15) is 13.2 Å². The average Bonchev–Trinajstić information content (AvgIpc) is 2.24. The summed E-state index contributed by atoms with van der Waals surface area (Å²) >= 11 is 5.84. The van der Waals surface area contributed by atoms with E-state index >= 15 is 0 Å². The van der Waals surface area contributed by atoms with E-state index in [9.17, 15) is 13.2 Å². The van der Waals surface area contributed by atoms with Crippen molar-refractivity contribution in [3.8, 4) is 5.88 Å². The van der Waals surface area contributed by atoms with E-state index < -0.39 is 11.9 Å². The van der Waals surface area contributed by atoms with E-state index in [1.54, 1.807) is 0 Å². The molecule has 1 heterocycles. The highest BCUT2D eigenvalue weighted by atomic mass is 35.5. The summed E-state index contributed by atoms with van der Waals surface area (Å²) in [5, 5.41) is 0.107. The van der Waals surface area contributed by atoms with Gasteiger partial charge in [-0.05, 0) is 37.3 Å². The number of halogens is 4. The van der Waals surface area contributed by atoms with Gasteiger partial charge in [-0.1, -0.05) is 25.4 Å². The molecule has 0 saturated heterocycles. The Morgan fingerprint density at radius 3 is 2.53 bits per heavy atom. The molecule has 0 saturated carbocycles. The molecule has 1 aromatic heterocycles. The molecule has 0 aliphatic rings. The molecule has 0 radical (unpaired) electrons. The Labute approximate surface area is 115 Å². The smallest absolute Gasteiger partial charge is 0.433 e. The van der Waals surface area contributed by atoms with E-state index in [-0.39, 0.29) is 16.5 Å². The van der Waals surface area contributed by atoms with Gasteiger partial charge in [0.15, 0.2) is 5.69 Å². The molecule has 0 aromatic carbocycles. The predicted octanol–water partition coefficient (Wildman–Crippen LogP) is 4.88. The SMILES string of the molecule is Cc1cc(Cl)c(OCCCC(C)C)nc1C(F)(F)F. The topological polar surface area (TPSA) is 22.1 Å². The van der Waals surface area contributed by atoms with Gasteiger partial charge in [-0.3, -0.25) is 0 Å². The first-order valence-corrected chi connectivity index (χ1v) is 6.46. The van der Waals surface area contributed by atoms with Crippen LogP contribution in [0.3, 0.4) is 0 Å². The Hall–Kier alpha value is -0.970. The largest absolute Gasteiger partial charge is 0.477 e. The number of rotatable bonds is 5. The normalized spacial score (nSPS) is 12.0. The summed E-state index contributed by atoms with van der Waals surface area (Å²) in [6.07, 6.45) is -2.80. The lowest BCUT2D eigenvalue weighted by Crippen LogP contribution is -2.12. The highest BCUT2D eigenvalue weighted by Gasteiger charge is 2.35. The van der Waals surface area contributed by atoms with E-state index in [4.69, 9.17) is 16.3 Å². The van der Waals surface area contributed by atoms with Gasteiger partial charge in [0.1, 0.15) is 5.02 Å². The van der Waals surface area contributed by atoms with Crippen LogP contribution in [-0.4, -0.2) is 11.6 Å². The maximum atomic E-state index is 12.7. The summed E-state index contributed by atoms with van der Waals surface area (Å²) in [5.41, 5.74) is -0.956. The lowest BCUT2D eigenvalue weighted by molar-refractivity contribution is -0.141. The van der Waals surface area contributed by atoms with Crippen molar-refractivity contribution >= 4 is 11.6 Å². The standard InChI is InChI=1S/C13H17ClF3NO/c1-8(2)5-4-6-19-12-10(14)7-9(3)11(18-12)13(15,16)17/h7-8H,4-6H2,1-3H3. The molecule has 0 aliphatic heterocycles. The predicted molar refractivity (Wildman–Crippen MR) is 68.6 cm³/mol. The first kappa shape index (κ1) is 16.1. The number of aromatic nitrogens is 1. The molecule has 0 fully saturated rings. The first-order valence-electron chi connectivity index (χ1n) is 6.09. The van der Waals surface area contributed by atoms with Gasteiger partial charge < -0.3 is 4.74 Å². The van der Waals surface area contributed by atoms with E-state index in [0.29, 0.717) is 12.5 Å². The van der Waals surface area contributed by atoms with Gasteiger partial charge in [0.2, 0.25) is 5.88 Å². The number of hydrogen-bond donors (Lipinski definition) is 0. The molecule has 108 valence electrons. The third-order valence-corrected chi connectivity index (χ3v) is 2.84. The second kappa shape index (κ2) is 6.46. The minimum absolute atomic E-state index is 0.00738. The van der Waals surface area contributed by atoms with Crippen molar-refractivity contribution < 1.29 is 17.9 Å². The number of alkyl halides is 3. The Morgan fingerprint density at radius 1 is 1.37 bits per heavy atom. The number of pyridine rings is 1. The fraction of sp³-hybridized carbons (Fsp3) is 0.615. The number of nitrogens with zero attached hydrogens (tertiary/aromatic N) is 1. The van der Waals surface area contributed by atoms with Crippen molar-refractivity contribution in [3.63, 3.8) is 0 Å². The molecule has 0 spiro atoms. The van der Waals surface area contributed by atoms with Gasteiger partial charge in [-0.25, -0.2) is 4.98 Å². The Balaban J connectivity index is 2.78. The maximum Gasteiger partial charge on any atom is 0.433 e. The summed E-state index contributed by atoms with van der Waals surface area (Å²) < 4.78 is 43.3. The summed E-state index contributed by atoms with van der Waals surface area (Å²) in [6, 6.07) is 1.23. The van der Waals surface area contributed by atoms with E-state index in [1.807, 2.05) is 0 Å². The third kappa shape index (κ3) is 4.90. The molecule has 6 heteroatoms. The Kier molecular flexibility index (Phi) is 5.47. The average molecular weight is 296 g/mol. The van der Waals surface area contributed by atoms with Crippen LogP contribution >= 0.6 is 11.6 Å². The molecule has 0 aliphatic carbocycles. The quantitative estimate of drug-likeness (QED) is 0.722. The summed E-state index contributed by atoms with van der Waals surface area (Å²) in [7, 11) is 0. The van der Waals surface area contributed by atoms with Crippen molar-refractivity contribution in [1.29, 1.82) is 0 Å². The molecule has 0 N–H and O–H groups in total. The van der Waals surface area contributed by atoms with Crippen molar-refractivity contribution in [2.24, 2.45) is 5.92 Å². The monoisotopic (exact) mass is 295 g/mol. The molecule has 19 heavy (non-hydrogen) atoms. The van der Waals surface area contributed by atoms with Gasteiger partial charge in [0.25, 0.3) is 0 Å². The Morgan fingerprint density at radius 2 is 2.00 bits per heavy atom. The lowest BCUT2D eigenvalue weighted by Gasteiger charge is -2.13. The molecular formula is C13H17ClF3NO. The number of hydrogen-bond acceptors (Lipinski definition) is 2. The van der Waals surface area contributed by atoms with Crippen molar-refractivity contribution in [1.82, 2.24) is 4.98 Å². The second-order valence-electron chi connectivity index (χ2n) is 4.82. The fourth-order valence-corrected chi connectivity index (χ4v) is 1.87. The summed E-state index contributed by atoms with van der Waals surface area (Å²) in [6.45, 7) is 5.77. The number of ether oxygens (including phenoxy) is 1. The zero-order valence-electron chi connectivity index (χ0n) is 11.1. The molecule has 1 rings (SSSR count). The van der Waals surface area contributed by atoms with Crippen molar-refractivity contribution in [3.05, 3.63) is 22.3 Å². The molecule has 2 nitrogen and oxygen atoms in total. The van der Waals surface area contributed by atoms with Gasteiger partial charge in [-0.15, -0.1) is 0 Å². The van der Waals surface area contributed by atoms with Crippen LogP contribution in [0.15, 0.2) is 6.07 Å². The highest BCUT2D eigenvalue weighted by molar-refractivity contribution is 6.31. The first-order chi connectivity index (χ1) is 8.71. The van der Waals surface area contributed by atoms with E-state index in [1.165, 1.54) is 13.0 Å². The molecule has 1 aromatic rings. The second-order valence-corrected chi connectivity index (χ2v) is 5.23. The molecule has 0 amide bonds. The highest BCUT2D eigenvalue weighted by Crippen LogP contribution is 2.34. The van der Waals surface area contributed by atoms with E-state index in [2.05, 4.69) is 18.8 Å². The van der Waals surface area contributed by atoms with Crippen LogP contribution in [0.25, 0.3) is 0 Å². The summed E-state index contributed by atoms with van der Waals surface area (Å²) in [5.74, 6) is 0.374. The molecule has 0 unspecified atom stereocenters.